The molecule has 5 nitrogen and oxygen atoms in total. The first-order chi connectivity index (χ1) is 15.5. The first-order valence-electron chi connectivity index (χ1n) is 10.6. The van der Waals surface area contributed by atoms with Crippen molar-refractivity contribution in [3.05, 3.63) is 93.6 Å². The molecule has 0 fully saturated rings. The number of fused-ring (bicyclic) bond motifs is 1. The summed E-state index contributed by atoms with van der Waals surface area (Å²) in [5.74, 6) is 0.633. The highest BCUT2D eigenvalue weighted by molar-refractivity contribution is 9.10. The van der Waals surface area contributed by atoms with Gasteiger partial charge in [0, 0.05) is 17.7 Å². The third kappa shape index (κ3) is 3.65. The van der Waals surface area contributed by atoms with Gasteiger partial charge in [-0.1, -0.05) is 42.5 Å². The molecule has 1 heterocycles. The molecule has 5 rings (SSSR count). The van der Waals surface area contributed by atoms with E-state index >= 15 is 0 Å². The average Bonchev–Trinajstić information content (AvgIpc) is 2.98. The van der Waals surface area contributed by atoms with E-state index in [0.717, 1.165) is 34.6 Å². The van der Waals surface area contributed by atoms with E-state index in [0.29, 0.717) is 16.6 Å². The standard InChI is InChI=1S/C26H23BrN2O3/c1-32-23-14-17(11-18(27)26(23)31)25-24-21(28-19-9-5-6-10-20(19)29-25)12-16(13-22(24)30)15-7-3-2-4-8-15/h2-11,14,16,25,28-29,31H,12-13H2,1H3/t16-,25+/m0/s1. The highest BCUT2D eigenvalue weighted by atomic mass is 79.9. The van der Waals surface area contributed by atoms with Crippen LogP contribution >= 0.6 is 15.9 Å². The maximum Gasteiger partial charge on any atom is 0.172 e. The predicted molar refractivity (Wildman–Crippen MR) is 129 cm³/mol. The molecule has 1 aliphatic heterocycles. The van der Waals surface area contributed by atoms with Gasteiger partial charge in [0.1, 0.15) is 0 Å². The number of allylic oxidation sites excluding steroid dienone is 1. The number of Topliss-reactive ketones (excluding diaryl/α,β-unsaturated/α-hetero) is 1. The van der Waals surface area contributed by atoms with Crippen molar-refractivity contribution >= 4 is 33.1 Å². The zero-order valence-corrected chi connectivity index (χ0v) is 19.1. The molecule has 6 heteroatoms. The zero-order valence-electron chi connectivity index (χ0n) is 17.6. The van der Waals surface area contributed by atoms with E-state index in [1.807, 2.05) is 48.5 Å². The molecule has 0 aromatic heterocycles. The third-order valence-corrected chi connectivity index (χ3v) is 6.79. The van der Waals surface area contributed by atoms with Crippen molar-refractivity contribution in [1.82, 2.24) is 0 Å². The monoisotopic (exact) mass is 490 g/mol. The van der Waals surface area contributed by atoms with Gasteiger partial charge in [-0.3, -0.25) is 4.79 Å². The normalized spacial score (nSPS) is 19.9. The Balaban J connectivity index is 1.65. The SMILES string of the molecule is COc1cc([C@H]2Nc3ccccc3NC3=C2C(=O)C[C@@H](c2ccccc2)C3)cc(Br)c1O. The summed E-state index contributed by atoms with van der Waals surface area (Å²) in [4.78, 5) is 13.6. The molecular formula is C26H23BrN2O3. The Labute approximate surface area is 195 Å². The van der Waals surface area contributed by atoms with E-state index in [2.05, 4.69) is 38.7 Å². The first kappa shape index (κ1) is 20.6. The zero-order chi connectivity index (χ0) is 22.2. The summed E-state index contributed by atoms with van der Waals surface area (Å²) in [6, 6.07) is 21.4. The van der Waals surface area contributed by atoms with Gasteiger partial charge in [-0.15, -0.1) is 0 Å². The van der Waals surface area contributed by atoms with Crippen LogP contribution in [0.5, 0.6) is 11.5 Å². The Bertz CT molecular complexity index is 1220. The predicted octanol–water partition coefficient (Wildman–Crippen LogP) is 6.14. The maximum atomic E-state index is 13.6. The van der Waals surface area contributed by atoms with Crippen molar-refractivity contribution in [2.45, 2.75) is 24.8 Å². The van der Waals surface area contributed by atoms with E-state index in [1.54, 1.807) is 6.07 Å². The Morgan fingerprint density at radius 3 is 2.44 bits per heavy atom. The van der Waals surface area contributed by atoms with E-state index < -0.39 is 0 Å². The molecule has 3 aromatic rings. The van der Waals surface area contributed by atoms with Crippen molar-refractivity contribution in [2.24, 2.45) is 0 Å². The molecule has 2 atom stereocenters. The van der Waals surface area contributed by atoms with E-state index in [4.69, 9.17) is 4.74 Å². The van der Waals surface area contributed by atoms with Crippen molar-refractivity contribution in [3.8, 4) is 11.5 Å². The molecule has 162 valence electrons. The van der Waals surface area contributed by atoms with Gasteiger partial charge in [0.25, 0.3) is 0 Å². The number of anilines is 2. The van der Waals surface area contributed by atoms with Crippen LogP contribution in [0, 0.1) is 0 Å². The molecule has 0 bridgehead atoms. The minimum absolute atomic E-state index is 0.0386. The fourth-order valence-corrected chi connectivity index (χ4v) is 5.08. The molecular weight excluding hydrogens is 468 g/mol. The summed E-state index contributed by atoms with van der Waals surface area (Å²) in [5.41, 5.74) is 5.52. The molecule has 0 saturated carbocycles. The number of phenolic OH excluding ortho intramolecular Hbond substituents is 1. The van der Waals surface area contributed by atoms with Gasteiger partial charge in [-0.2, -0.15) is 0 Å². The van der Waals surface area contributed by atoms with Gasteiger partial charge >= 0.3 is 0 Å². The largest absolute Gasteiger partial charge is 0.503 e. The number of ether oxygens (including phenoxy) is 1. The lowest BCUT2D eigenvalue weighted by Gasteiger charge is -2.30. The number of carbonyl (C=O) groups is 1. The number of methoxy groups -OCH3 is 1. The van der Waals surface area contributed by atoms with Crippen LogP contribution in [0.3, 0.4) is 0 Å². The van der Waals surface area contributed by atoms with Crippen LogP contribution in [0.1, 0.15) is 35.9 Å². The highest BCUT2D eigenvalue weighted by Crippen LogP contribution is 2.46. The minimum Gasteiger partial charge on any atom is -0.503 e. The second-order valence-electron chi connectivity index (χ2n) is 8.13. The third-order valence-electron chi connectivity index (χ3n) is 6.18. The molecule has 0 radical (unpaired) electrons. The molecule has 2 aliphatic rings. The molecule has 3 aromatic carbocycles. The topological polar surface area (TPSA) is 70.6 Å². The number of rotatable bonds is 3. The smallest absolute Gasteiger partial charge is 0.172 e. The van der Waals surface area contributed by atoms with Crippen LogP contribution in [0.2, 0.25) is 0 Å². The summed E-state index contributed by atoms with van der Waals surface area (Å²) in [5, 5.41) is 17.4. The van der Waals surface area contributed by atoms with E-state index in [-0.39, 0.29) is 23.5 Å². The molecule has 0 spiro atoms. The summed E-state index contributed by atoms with van der Waals surface area (Å²) in [6.07, 6.45) is 1.20. The van der Waals surface area contributed by atoms with Gasteiger partial charge < -0.3 is 20.5 Å². The number of benzene rings is 3. The lowest BCUT2D eigenvalue weighted by molar-refractivity contribution is -0.116. The highest BCUT2D eigenvalue weighted by Gasteiger charge is 2.36. The Hall–Kier alpha value is -3.25. The lowest BCUT2D eigenvalue weighted by Crippen LogP contribution is -2.26. The lowest BCUT2D eigenvalue weighted by atomic mass is 9.78. The van der Waals surface area contributed by atoms with Crippen LogP contribution in [0.15, 0.2) is 82.5 Å². The number of ketones is 1. The molecule has 0 unspecified atom stereocenters. The fourth-order valence-electron chi connectivity index (χ4n) is 4.62. The number of aromatic hydroxyl groups is 1. The van der Waals surface area contributed by atoms with Crippen molar-refractivity contribution < 1.29 is 14.6 Å². The second kappa shape index (κ2) is 8.36. The molecule has 0 saturated heterocycles. The van der Waals surface area contributed by atoms with Crippen molar-refractivity contribution in [2.75, 3.05) is 17.7 Å². The Morgan fingerprint density at radius 1 is 0.969 bits per heavy atom. The van der Waals surface area contributed by atoms with Gasteiger partial charge in [0.05, 0.1) is 29.0 Å². The molecule has 32 heavy (non-hydrogen) atoms. The van der Waals surface area contributed by atoms with E-state index in [1.165, 1.54) is 12.7 Å². The fraction of sp³-hybridized carbons (Fsp3) is 0.192. The average molecular weight is 491 g/mol. The summed E-state index contributed by atoms with van der Waals surface area (Å²) >= 11 is 3.42. The Morgan fingerprint density at radius 2 is 1.69 bits per heavy atom. The number of para-hydroxylation sites is 2. The van der Waals surface area contributed by atoms with Crippen LogP contribution in [0.4, 0.5) is 11.4 Å². The van der Waals surface area contributed by atoms with Crippen molar-refractivity contribution in [1.29, 1.82) is 0 Å². The summed E-state index contributed by atoms with van der Waals surface area (Å²) in [7, 11) is 1.52. The van der Waals surface area contributed by atoms with Gasteiger partial charge in [0.15, 0.2) is 17.3 Å². The van der Waals surface area contributed by atoms with E-state index in [9.17, 15) is 9.90 Å². The van der Waals surface area contributed by atoms with Gasteiger partial charge in [-0.05, 0) is 63.7 Å². The van der Waals surface area contributed by atoms with Crippen molar-refractivity contribution in [3.63, 3.8) is 0 Å². The van der Waals surface area contributed by atoms with Crippen LogP contribution in [0.25, 0.3) is 0 Å². The van der Waals surface area contributed by atoms with Gasteiger partial charge in [-0.25, -0.2) is 0 Å². The van der Waals surface area contributed by atoms with Crippen LogP contribution in [-0.2, 0) is 4.79 Å². The minimum atomic E-state index is -0.379. The van der Waals surface area contributed by atoms with Gasteiger partial charge in [0.2, 0.25) is 0 Å². The summed E-state index contributed by atoms with van der Waals surface area (Å²) < 4.78 is 5.89. The second-order valence-corrected chi connectivity index (χ2v) is 8.99. The Kier molecular flexibility index (Phi) is 5.39. The number of hydrogen-bond acceptors (Lipinski definition) is 5. The first-order valence-corrected chi connectivity index (χ1v) is 11.3. The number of carbonyl (C=O) groups excluding carboxylic acids is 1. The van der Waals surface area contributed by atoms with Crippen LogP contribution < -0.4 is 15.4 Å². The molecule has 3 N–H and O–H groups in total. The number of phenols is 1. The summed E-state index contributed by atoms with van der Waals surface area (Å²) in [6.45, 7) is 0. The number of halogens is 1. The molecule has 1 aliphatic carbocycles. The van der Waals surface area contributed by atoms with Crippen LogP contribution in [-0.4, -0.2) is 18.0 Å². The quantitative estimate of drug-likeness (QED) is 0.411. The number of nitrogens with one attached hydrogen (secondary N) is 2. The number of hydrogen-bond donors (Lipinski definition) is 3. The molecule has 0 amide bonds. The maximum absolute atomic E-state index is 13.6.